The fraction of sp³-hybridized carbons (Fsp3) is 0.571. The molecule has 0 aliphatic rings. The van der Waals surface area contributed by atoms with Crippen LogP contribution < -0.4 is 5.32 Å². The van der Waals surface area contributed by atoms with E-state index in [0.717, 1.165) is 6.08 Å². The molecular weight excluding hydrogens is 273 g/mol. The van der Waals surface area contributed by atoms with Crippen LogP contribution in [0.4, 0.5) is 0 Å². The number of amides is 1. The molecule has 0 spiro atoms. The first-order valence-electron chi connectivity index (χ1n) is 3.34. The Morgan fingerprint density at radius 2 is 2.42 bits per heavy atom. The predicted octanol–water partition coefficient (Wildman–Crippen LogP) is -0.207. The molecule has 2 unspecified atom stereocenters. The Balaban J connectivity index is 4.33. The number of hydrogen-bond donors (Lipinski definition) is 3. The Kier molecular flexibility index (Phi) is 4.73. The van der Waals surface area contributed by atoms with E-state index in [1.807, 2.05) is 0 Å². The van der Waals surface area contributed by atoms with Gasteiger partial charge >= 0.3 is 0 Å². The lowest BCUT2D eigenvalue weighted by atomic mass is 10.1. The lowest BCUT2D eigenvalue weighted by Crippen LogP contribution is -2.54. The summed E-state index contributed by atoms with van der Waals surface area (Å²) < 4.78 is -0.844. The van der Waals surface area contributed by atoms with Crippen molar-refractivity contribution in [2.24, 2.45) is 0 Å². The van der Waals surface area contributed by atoms with Gasteiger partial charge in [-0.15, -0.1) is 0 Å². The molecule has 0 rings (SSSR count). The summed E-state index contributed by atoms with van der Waals surface area (Å²) in [6.45, 7) is 4.49. The molecule has 1 amide bonds. The molecule has 5 heteroatoms. The van der Waals surface area contributed by atoms with Gasteiger partial charge in [-0.05, 0) is 35.6 Å². The van der Waals surface area contributed by atoms with Gasteiger partial charge in [0, 0.05) is 0 Å². The van der Waals surface area contributed by atoms with Crippen molar-refractivity contribution in [3.63, 3.8) is 0 Å². The van der Waals surface area contributed by atoms with E-state index in [1.165, 1.54) is 0 Å². The SMILES string of the molecule is C=CC(=O)NC(C)(CO)C(O)I. The molecule has 4 nitrogen and oxygen atoms in total. The van der Waals surface area contributed by atoms with E-state index in [-0.39, 0.29) is 6.61 Å². The third kappa shape index (κ3) is 3.08. The molecule has 0 aliphatic heterocycles. The summed E-state index contributed by atoms with van der Waals surface area (Å²) in [4.78, 5) is 10.8. The second-order valence-corrected chi connectivity index (χ2v) is 3.78. The van der Waals surface area contributed by atoms with Gasteiger partial charge in [-0.2, -0.15) is 0 Å². The molecule has 0 saturated heterocycles. The largest absolute Gasteiger partial charge is 0.394 e. The Hall–Kier alpha value is -0.140. The van der Waals surface area contributed by atoms with Crippen molar-refractivity contribution in [1.82, 2.24) is 5.32 Å². The molecule has 70 valence electrons. The highest BCUT2D eigenvalue weighted by atomic mass is 127. The first-order valence-corrected chi connectivity index (χ1v) is 4.58. The van der Waals surface area contributed by atoms with E-state index < -0.39 is 15.6 Å². The van der Waals surface area contributed by atoms with E-state index >= 15 is 0 Å². The molecule has 12 heavy (non-hydrogen) atoms. The average Bonchev–Trinajstić information content (AvgIpc) is 2.03. The number of hydrogen-bond acceptors (Lipinski definition) is 3. The Morgan fingerprint density at radius 1 is 1.92 bits per heavy atom. The normalized spacial score (nSPS) is 17.7. The van der Waals surface area contributed by atoms with Crippen LogP contribution in [0.1, 0.15) is 6.92 Å². The number of rotatable bonds is 4. The van der Waals surface area contributed by atoms with Gasteiger partial charge in [-0.1, -0.05) is 6.58 Å². The third-order valence-electron chi connectivity index (χ3n) is 1.45. The van der Waals surface area contributed by atoms with Gasteiger partial charge < -0.3 is 15.5 Å². The summed E-state index contributed by atoms with van der Waals surface area (Å²) >= 11 is 1.72. The number of carbonyl (C=O) groups excluding carboxylic acids is 1. The van der Waals surface area contributed by atoms with E-state index in [4.69, 9.17) is 5.11 Å². The van der Waals surface area contributed by atoms with Crippen molar-refractivity contribution < 1.29 is 15.0 Å². The molecule has 0 heterocycles. The summed E-state index contributed by atoms with van der Waals surface area (Å²) in [5.41, 5.74) is -1.01. The number of halogens is 1. The van der Waals surface area contributed by atoms with Crippen molar-refractivity contribution in [3.05, 3.63) is 12.7 Å². The highest BCUT2D eigenvalue weighted by molar-refractivity contribution is 14.1. The zero-order valence-electron chi connectivity index (χ0n) is 6.75. The zero-order chi connectivity index (χ0) is 9.78. The molecule has 0 fully saturated rings. The van der Waals surface area contributed by atoms with E-state index in [0.29, 0.717) is 0 Å². The van der Waals surface area contributed by atoms with Crippen molar-refractivity contribution in [2.45, 2.75) is 16.6 Å². The Bertz CT molecular complexity index is 183. The van der Waals surface area contributed by atoms with Crippen LogP contribution in [0.25, 0.3) is 0 Å². The van der Waals surface area contributed by atoms with Crippen LogP contribution in [0.2, 0.25) is 0 Å². The summed E-state index contributed by atoms with van der Waals surface area (Å²) in [5.74, 6) is -0.415. The first-order chi connectivity index (χ1) is 5.46. The van der Waals surface area contributed by atoms with Gasteiger partial charge in [0.2, 0.25) is 5.91 Å². The minimum atomic E-state index is -1.01. The minimum absolute atomic E-state index is 0.323. The van der Waals surface area contributed by atoms with Crippen molar-refractivity contribution in [2.75, 3.05) is 6.61 Å². The second kappa shape index (κ2) is 4.78. The van der Waals surface area contributed by atoms with Crippen molar-refractivity contribution in [3.8, 4) is 0 Å². The molecule has 0 bridgehead atoms. The second-order valence-electron chi connectivity index (χ2n) is 2.60. The lowest BCUT2D eigenvalue weighted by Gasteiger charge is -2.29. The molecule has 0 saturated carbocycles. The van der Waals surface area contributed by atoms with Crippen LogP contribution in [-0.4, -0.2) is 32.4 Å². The fourth-order valence-electron chi connectivity index (χ4n) is 0.507. The molecular formula is C7H12INO3. The highest BCUT2D eigenvalue weighted by Crippen LogP contribution is 2.15. The molecule has 2 atom stereocenters. The topological polar surface area (TPSA) is 69.6 Å². The van der Waals surface area contributed by atoms with Crippen molar-refractivity contribution in [1.29, 1.82) is 0 Å². The number of alkyl halides is 1. The smallest absolute Gasteiger partial charge is 0.243 e. The summed E-state index contributed by atoms with van der Waals surface area (Å²) in [6, 6.07) is 0. The predicted molar refractivity (Wildman–Crippen MR) is 53.9 cm³/mol. The molecule has 0 aromatic carbocycles. The van der Waals surface area contributed by atoms with Crippen LogP contribution in [0, 0.1) is 0 Å². The standard InChI is InChI=1S/C7H12INO3/c1-3-5(11)9-7(2,4-10)6(8)12/h3,6,10,12H,1,4H2,2H3,(H,9,11). The molecule has 0 aromatic heterocycles. The maximum atomic E-state index is 10.8. The van der Waals surface area contributed by atoms with Crippen LogP contribution in [-0.2, 0) is 4.79 Å². The van der Waals surface area contributed by atoms with Gasteiger partial charge in [0.05, 0.1) is 12.1 Å². The quantitative estimate of drug-likeness (QED) is 0.380. The molecule has 0 aromatic rings. The van der Waals surface area contributed by atoms with E-state index in [9.17, 15) is 9.90 Å². The number of carbonyl (C=O) groups is 1. The number of aliphatic hydroxyl groups is 2. The summed E-state index contributed by atoms with van der Waals surface area (Å²) in [5, 5.41) is 20.5. The van der Waals surface area contributed by atoms with Gasteiger partial charge in [0.15, 0.2) is 0 Å². The first kappa shape index (κ1) is 11.9. The highest BCUT2D eigenvalue weighted by Gasteiger charge is 2.31. The zero-order valence-corrected chi connectivity index (χ0v) is 8.91. The van der Waals surface area contributed by atoms with Crippen LogP contribution in [0.15, 0.2) is 12.7 Å². The maximum absolute atomic E-state index is 10.8. The lowest BCUT2D eigenvalue weighted by molar-refractivity contribution is -0.119. The summed E-state index contributed by atoms with van der Waals surface area (Å²) in [6.07, 6.45) is 1.09. The Labute approximate surface area is 84.8 Å². The third-order valence-corrected chi connectivity index (χ3v) is 2.82. The van der Waals surface area contributed by atoms with Crippen molar-refractivity contribution >= 4 is 28.5 Å². The van der Waals surface area contributed by atoms with Gasteiger partial charge in [-0.25, -0.2) is 0 Å². The van der Waals surface area contributed by atoms with Gasteiger partial charge in [-0.3, -0.25) is 4.79 Å². The van der Waals surface area contributed by atoms with Crippen LogP contribution in [0.5, 0.6) is 0 Å². The van der Waals surface area contributed by atoms with Crippen LogP contribution in [0.3, 0.4) is 0 Å². The Morgan fingerprint density at radius 3 is 2.67 bits per heavy atom. The molecule has 0 radical (unpaired) electrons. The van der Waals surface area contributed by atoms with Crippen LogP contribution >= 0.6 is 22.6 Å². The minimum Gasteiger partial charge on any atom is -0.394 e. The average molecular weight is 285 g/mol. The monoisotopic (exact) mass is 285 g/mol. The van der Waals surface area contributed by atoms with Gasteiger partial charge in [0.1, 0.15) is 4.11 Å². The molecule has 0 aliphatic carbocycles. The number of nitrogens with one attached hydrogen (secondary N) is 1. The maximum Gasteiger partial charge on any atom is 0.243 e. The summed E-state index contributed by atoms with van der Waals surface area (Å²) in [7, 11) is 0. The number of aliphatic hydroxyl groups excluding tert-OH is 2. The van der Waals surface area contributed by atoms with Gasteiger partial charge in [0.25, 0.3) is 0 Å². The van der Waals surface area contributed by atoms with E-state index in [2.05, 4.69) is 11.9 Å². The van der Waals surface area contributed by atoms with E-state index in [1.54, 1.807) is 29.5 Å². The fourth-order valence-corrected chi connectivity index (χ4v) is 0.860. The molecule has 3 N–H and O–H groups in total.